The van der Waals surface area contributed by atoms with E-state index in [0.717, 1.165) is 17.9 Å². The summed E-state index contributed by atoms with van der Waals surface area (Å²) in [7, 11) is 0. The van der Waals surface area contributed by atoms with Gasteiger partial charge in [0.15, 0.2) is 12.4 Å². The standard InChI is InChI=1S/C26H24ClNO3/c1-4-28-22-14-11-17-7-5-6-8-21(17)24(22)26(2,3)23(28)15-20(29)16-31-25(30)18-9-12-19(27)13-10-18/h5-15H,4,16H2,1-3H3/b23-15-. The van der Waals surface area contributed by atoms with Crippen molar-refractivity contribution in [3.63, 3.8) is 0 Å². The Kier molecular flexibility index (Phi) is 5.59. The Bertz CT molecular complexity index is 1200. The van der Waals surface area contributed by atoms with E-state index in [1.54, 1.807) is 30.3 Å². The summed E-state index contributed by atoms with van der Waals surface area (Å²) in [5.74, 6) is -0.795. The molecule has 1 heterocycles. The zero-order chi connectivity index (χ0) is 22.2. The number of fused-ring (bicyclic) bond motifs is 3. The fourth-order valence-corrected chi connectivity index (χ4v) is 4.46. The molecule has 3 aromatic rings. The molecule has 0 N–H and O–H groups in total. The molecule has 31 heavy (non-hydrogen) atoms. The second-order valence-electron chi connectivity index (χ2n) is 8.13. The van der Waals surface area contributed by atoms with Gasteiger partial charge in [0.25, 0.3) is 0 Å². The van der Waals surface area contributed by atoms with E-state index in [0.29, 0.717) is 10.6 Å². The number of carbonyl (C=O) groups excluding carboxylic acids is 2. The van der Waals surface area contributed by atoms with Crippen LogP contribution in [0.15, 0.2) is 72.4 Å². The minimum absolute atomic E-state index is 0.249. The molecule has 4 rings (SSSR count). The molecule has 5 heteroatoms. The Morgan fingerprint density at radius 1 is 1.03 bits per heavy atom. The fraction of sp³-hybridized carbons (Fsp3) is 0.231. The van der Waals surface area contributed by atoms with Crippen molar-refractivity contribution >= 4 is 39.8 Å². The Balaban J connectivity index is 1.60. The summed E-state index contributed by atoms with van der Waals surface area (Å²) in [6.07, 6.45) is 1.62. The molecule has 0 aliphatic carbocycles. The molecule has 0 saturated carbocycles. The highest BCUT2D eigenvalue weighted by atomic mass is 35.5. The van der Waals surface area contributed by atoms with Crippen molar-refractivity contribution in [2.75, 3.05) is 18.1 Å². The summed E-state index contributed by atoms with van der Waals surface area (Å²) in [5, 5.41) is 2.90. The molecular formula is C26H24ClNO3. The lowest BCUT2D eigenvalue weighted by Gasteiger charge is -2.26. The summed E-state index contributed by atoms with van der Waals surface area (Å²) < 4.78 is 5.23. The van der Waals surface area contributed by atoms with Crippen molar-refractivity contribution in [1.29, 1.82) is 0 Å². The minimum atomic E-state index is -0.546. The molecule has 3 aromatic carbocycles. The van der Waals surface area contributed by atoms with Crippen LogP contribution in [0.2, 0.25) is 5.02 Å². The number of nitrogens with zero attached hydrogens (tertiary/aromatic N) is 1. The fourth-order valence-electron chi connectivity index (χ4n) is 4.34. The smallest absolute Gasteiger partial charge is 0.338 e. The van der Waals surface area contributed by atoms with Crippen LogP contribution >= 0.6 is 11.6 Å². The van der Waals surface area contributed by atoms with Crippen molar-refractivity contribution in [2.45, 2.75) is 26.2 Å². The van der Waals surface area contributed by atoms with E-state index in [1.165, 1.54) is 16.3 Å². The quantitative estimate of drug-likeness (QED) is 0.370. The van der Waals surface area contributed by atoms with Crippen LogP contribution in [-0.4, -0.2) is 24.9 Å². The van der Waals surface area contributed by atoms with Gasteiger partial charge in [-0.25, -0.2) is 4.79 Å². The van der Waals surface area contributed by atoms with Crippen LogP contribution in [0.25, 0.3) is 10.8 Å². The zero-order valence-corrected chi connectivity index (χ0v) is 18.6. The van der Waals surface area contributed by atoms with Gasteiger partial charge in [0.05, 0.1) is 5.56 Å². The molecular weight excluding hydrogens is 410 g/mol. The third-order valence-corrected chi connectivity index (χ3v) is 6.05. The molecule has 4 nitrogen and oxygen atoms in total. The first kappa shape index (κ1) is 21.1. The maximum Gasteiger partial charge on any atom is 0.338 e. The largest absolute Gasteiger partial charge is 0.454 e. The van der Waals surface area contributed by atoms with Crippen LogP contribution in [0, 0.1) is 0 Å². The van der Waals surface area contributed by atoms with Gasteiger partial charge in [-0.2, -0.15) is 0 Å². The normalized spacial score (nSPS) is 15.9. The second kappa shape index (κ2) is 8.20. The van der Waals surface area contributed by atoms with Crippen LogP contribution < -0.4 is 4.90 Å². The van der Waals surface area contributed by atoms with Crippen LogP contribution in [0.3, 0.4) is 0 Å². The number of allylic oxidation sites excluding steroid dienone is 1. The van der Waals surface area contributed by atoms with Crippen LogP contribution in [-0.2, 0) is 14.9 Å². The molecule has 0 atom stereocenters. The first-order valence-electron chi connectivity index (χ1n) is 10.3. The molecule has 0 bridgehead atoms. The van der Waals surface area contributed by atoms with Crippen LogP contribution in [0.5, 0.6) is 0 Å². The van der Waals surface area contributed by atoms with Crippen molar-refractivity contribution in [2.24, 2.45) is 0 Å². The Labute approximate surface area is 187 Å². The maximum absolute atomic E-state index is 12.8. The van der Waals surface area contributed by atoms with E-state index in [2.05, 4.69) is 49.9 Å². The third kappa shape index (κ3) is 3.84. The minimum Gasteiger partial charge on any atom is -0.454 e. The number of anilines is 1. The number of carbonyl (C=O) groups is 2. The Hall–Kier alpha value is -3.11. The molecule has 0 aromatic heterocycles. The second-order valence-corrected chi connectivity index (χ2v) is 8.57. The highest BCUT2D eigenvalue weighted by Crippen LogP contribution is 2.50. The van der Waals surface area contributed by atoms with Crippen LogP contribution in [0.1, 0.15) is 36.7 Å². The molecule has 1 aliphatic rings. The van der Waals surface area contributed by atoms with E-state index < -0.39 is 5.97 Å². The van der Waals surface area contributed by atoms with E-state index in [-0.39, 0.29) is 17.8 Å². The predicted octanol–water partition coefficient (Wildman–Crippen LogP) is 5.92. The Morgan fingerprint density at radius 3 is 2.45 bits per heavy atom. The van der Waals surface area contributed by atoms with E-state index in [4.69, 9.17) is 16.3 Å². The maximum atomic E-state index is 12.8. The summed E-state index contributed by atoms with van der Waals surface area (Å²) >= 11 is 5.85. The van der Waals surface area contributed by atoms with Gasteiger partial charge in [-0.3, -0.25) is 4.79 Å². The number of hydrogen-bond donors (Lipinski definition) is 0. The predicted molar refractivity (Wildman–Crippen MR) is 125 cm³/mol. The van der Waals surface area contributed by atoms with Crippen molar-refractivity contribution in [1.82, 2.24) is 0 Å². The molecule has 158 valence electrons. The number of esters is 1. The average molecular weight is 434 g/mol. The lowest BCUT2D eigenvalue weighted by Crippen LogP contribution is -2.27. The lowest BCUT2D eigenvalue weighted by molar-refractivity contribution is -0.117. The van der Waals surface area contributed by atoms with Crippen molar-refractivity contribution < 1.29 is 14.3 Å². The molecule has 0 fully saturated rings. The van der Waals surface area contributed by atoms with Gasteiger partial charge in [-0.05, 0) is 53.6 Å². The summed E-state index contributed by atoms with van der Waals surface area (Å²) in [5.41, 5.74) is 3.24. The van der Waals surface area contributed by atoms with Gasteiger partial charge in [0.2, 0.25) is 0 Å². The molecule has 0 unspecified atom stereocenters. The third-order valence-electron chi connectivity index (χ3n) is 5.79. The van der Waals surface area contributed by atoms with Gasteiger partial charge in [-0.1, -0.05) is 55.8 Å². The highest BCUT2D eigenvalue weighted by molar-refractivity contribution is 6.30. The molecule has 0 amide bonds. The topological polar surface area (TPSA) is 46.6 Å². The highest BCUT2D eigenvalue weighted by Gasteiger charge is 2.41. The number of rotatable bonds is 5. The molecule has 1 aliphatic heterocycles. The molecule has 0 spiro atoms. The van der Waals surface area contributed by atoms with Gasteiger partial charge < -0.3 is 9.64 Å². The SMILES string of the molecule is CCN1/C(=C\C(=O)COC(=O)c2ccc(Cl)cc2)C(C)(C)c2c1ccc1ccccc21. The van der Waals surface area contributed by atoms with E-state index >= 15 is 0 Å². The average Bonchev–Trinajstić information content (AvgIpc) is 2.98. The lowest BCUT2D eigenvalue weighted by atomic mass is 9.81. The van der Waals surface area contributed by atoms with Crippen molar-refractivity contribution in [3.05, 3.63) is 88.6 Å². The van der Waals surface area contributed by atoms with E-state index in [1.807, 2.05) is 12.1 Å². The van der Waals surface area contributed by atoms with Gasteiger partial charge in [-0.15, -0.1) is 0 Å². The van der Waals surface area contributed by atoms with Crippen LogP contribution in [0.4, 0.5) is 5.69 Å². The first-order chi connectivity index (χ1) is 14.8. The first-order valence-corrected chi connectivity index (χ1v) is 10.7. The van der Waals surface area contributed by atoms with E-state index in [9.17, 15) is 9.59 Å². The molecule has 0 saturated heterocycles. The number of ether oxygens (including phenoxy) is 1. The summed E-state index contributed by atoms with van der Waals surface area (Å²) in [4.78, 5) is 27.1. The Morgan fingerprint density at radius 2 is 1.74 bits per heavy atom. The van der Waals surface area contributed by atoms with Gasteiger partial charge in [0, 0.05) is 34.4 Å². The van der Waals surface area contributed by atoms with Crippen molar-refractivity contribution in [3.8, 4) is 0 Å². The number of halogens is 1. The summed E-state index contributed by atoms with van der Waals surface area (Å²) in [6.45, 7) is 6.76. The number of benzene rings is 3. The number of ketones is 1. The monoisotopic (exact) mass is 433 g/mol. The number of hydrogen-bond acceptors (Lipinski definition) is 4. The zero-order valence-electron chi connectivity index (χ0n) is 17.8. The van der Waals surface area contributed by atoms with Gasteiger partial charge >= 0.3 is 5.97 Å². The summed E-state index contributed by atoms with van der Waals surface area (Å²) in [6, 6.07) is 18.9. The number of likely N-dealkylation sites (N-methyl/N-ethyl adjacent to an activating group) is 1. The molecule has 0 radical (unpaired) electrons. The van der Waals surface area contributed by atoms with Gasteiger partial charge in [0.1, 0.15) is 0 Å².